The Labute approximate surface area is 107 Å². The Hall–Kier alpha value is 0.0269. The number of unbranched alkanes of at least 4 members (excludes halogenated alkanes) is 1. The lowest BCUT2D eigenvalue weighted by atomic mass is 10.2. The van der Waals surface area contributed by atoms with Gasteiger partial charge < -0.3 is 4.43 Å². The van der Waals surface area contributed by atoms with Crippen LogP contribution in [0.15, 0.2) is 0 Å². The summed E-state index contributed by atoms with van der Waals surface area (Å²) in [6.45, 7) is 12.1. The maximum absolute atomic E-state index is 6.01. The Morgan fingerprint density at radius 1 is 1.12 bits per heavy atom. The van der Waals surface area contributed by atoms with Crippen LogP contribution in [-0.4, -0.2) is 20.8 Å². The number of rotatable bonds is 5. The quantitative estimate of drug-likeness (QED) is 0.308. The second kappa shape index (κ2) is 7.37. The van der Waals surface area contributed by atoms with Crippen LogP contribution >= 0.6 is 11.6 Å². The zero-order valence-corrected chi connectivity index (χ0v) is 13.1. The molecule has 0 aliphatic carbocycles. The summed E-state index contributed by atoms with van der Waals surface area (Å²) in [5.74, 6) is 6.95. The Balaban J connectivity index is 3.77. The third-order valence-electron chi connectivity index (χ3n) is 3.06. The Morgan fingerprint density at radius 2 is 1.69 bits per heavy atom. The largest absolute Gasteiger partial charge is 0.416 e. The second-order valence-corrected chi connectivity index (χ2v) is 10.7. The van der Waals surface area contributed by atoms with Crippen molar-refractivity contribution in [2.45, 2.75) is 58.2 Å². The Morgan fingerprint density at radius 3 is 2.19 bits per heavy atom. The van der Waals surface area contributed by atoms with Crippen LogP contribution in [0.1, 0.15) is 40.0 Å². The summed E-state index contributed by atoms with van der Waals surface area (Å²) >= 11 is 5.56. The molecule has 0 aromatic rings. The topological polar surface area (TPSA) is 9.23 Å². The molecule has 0 spiro atoms. The van der Waals surface area contributed by atoms with Crippen LogP contribution in [0, 0.1) is 11.8 Å². The average molecular weight is 261 g/mol. The summed E-state index contributed by atoms with van der Waals surface area (Å²) in [5.41, 5.74) is 0. The van der Waals surface area contributed by atoms with Crippen molar-refractivity contribution in [1.82, 2.24) is 0 Å². The highest BCUT2D eigenvalue weighted by atomic mass is 35.5. The third-order valence-corrected chi connectivity index (χ3v) is 7.86. The SMILES string of the molecule is CC(C)(C)[Si](C)(C)OCCC#CCCCCl. The van der Waals surface area contributed by atoms with E-state index in [4.69, 9.17) is 16.0 Å². The molecule has 1 nitrogen and oxygen atoms in total. The maximum Gasteiger partial charge on any atom is 0.192 e. The lowest BCUT2D eigenvalue weighted by molar-refractivity contribution is 0.296. The highest BCUT2D eigenvalue weighted by Gasteiger charge is 2.36. The van der Waals surface area contributed by atoms with Crippen molar-refractivity contribution in [3.05, 3.63) is 0 Å². The van der Waals surface area contributed by atoms with Gasteiger partial charge in [0.25, 0.3) is 0 Å². The second-order valence-electron chi connectivity index (χ2n) is 5.50. The van der Waals surface area contributed by atoms with Crippen molar-refractivity contribution >= 4 is 19.9 Å². The number of hydrogen-bond donors (Lipinski definition) is 0. The van der Waals surface area contributed by atoms with E-state index >= 15 is 0 Å². The van der Waals surface area contributed by atoms with Gasteiger partial charge in [0.2, 0.25) is 0 Å². The predicted molar refractivity (Wildman–Crippen MR) is 75.5 cm³/mol. The summed E-state index contributed by atoms with van der Waals surface area (Å²) in [5, 5.41) is 0.291. The van der Waals surface area contributed by atoms with Crippen LogP contribution in [0.3, 0.4) is 0 Å². The zero-order chi connectivity index (χ0) is 12.7. The number of halogens is 1. The molecule has 0 N–H and O–H groups in total. The summed E-state index contributed by atoms with van der Waals surface area (Å²) in [4.78, 5) is 0. The molecule has 0 bridgehead atoms. The van der Waals surface area contributed by atoms with Crippen LogP contribution in [0.4, 0.5) is 0 Å². The van der Waals surface area contributed by atoms with Crippen molar-refractivity contribution in [2.75, 3.05) is 12.5 Å². The molecule has 0 unspecified atom stereocenters. The Kier molecular flexibility index (Phi) is 7.38. The predicted octanol–water partition coefficient (Wildman–Crippen LogP) is 4.42. The Bertz CT molecular complexity index is 245. The van der Waals surface area contributed by atoms with E-state index in [0.29, 0.717) is 10.9 Å². The molecule has 0 aromatic carbocycles. The number of alkyl halides is 1. The van der Waals surface area contributed by atoms with Gasteiger partial charge in [0.15, 0.2) is 8.32 Å². The molecule has 0 rings (SSSR count). The smallest absolute Gasteiger partial charge is 0.192 e. The molecule has 0 aromatic heterocycles. The molecule has 0 fully saturated rings. The van der Waals surface area contributed by atoms with E-state index in [1.54, 1.807) is 0 Å². The van der Waals surface area contributed by atoms with Gasteiger partial charge in [-0.3, -0.25) is 0 Å². The van der Waals surface area contributed by atoms with Crippen molar-refractivity contribution in [3.63, 3.8) is 0 Å². The summed E-state index contributed by atoms with van der Waals surface area (Å²) in [6, 6.07) is 0. The van der Waals surface area contributed by atoms with Gasteiger partial charge in [-0.1, -0.05) is 20.8 Å². The highest BCUT2D eigenvalue weighted by Crippen LogP contribution is 2.36. The summed E-state index contributed by atoms with van der Waals surface area (Å²) in [7, 11) is -1.57. The molecule has 0 atom stereocenters. The molecule has 0 amide bonds. The van der Waals surface area contributed by atoms with Gasteiger partial charge in [0.1, 0.15) is 0 Å². The molecule has 0 aliphatic rings. The first-order valence-electron chi connectivity index (χ1n) is 5.97. The minimum absolute atomic E-state index is 0.291. The number of hydrogen-bond acceptors (Lipinski definition) is 1. The van der Waals surface area contributed by atoms with Crippen LogP contribution in [0.2, 0.25) is 18.1 Å². The van der Waals surface area contributed by atoms with Crippen molar-refractivity contribution in [3.8, 4) is 11.8 Å². The van der Waals surface area contributed by atoms with Gasteiger partial charge in [0.05, 0.1) is 0 Å². The fourth-order valence-electron chi connectivity index (χ4n) is 0.906. The molecule has 0 saturated carbocycles. The summed E-state index contributed by atoms with van der Waals surface area (Å²) < 4.78 is 6.01. The van der Waals surface area contributed by atoms with Crippen molar-refractivity contribution < 1.29 is 4.43 Å². The van der Waals surface area contributed by atoms with Crippen LogP contribution < -0.4 is 0 Å². The first kappa shape index (κ1) is 16.0. The van der Waals surface area contributed by atoms with E-state index in [9.17, 15) is 0 Å². The van der Waals surface area contributed by atoms with E-state index in [-0.39, 0.29) is 0 Å². The lowest BCUT2D eigenvalue weighted by Gasteiger charge is -2.35. The van der Waals surface area contributed by atoms with E-state index in [0.717, 1.165) is 25.9 Å². The van der Waals surface area contributed by atoms with Crippen LogP contribution in [0.25, 0.3) is 0 Å². The normalized spacial score (nSPS) is 12.1. The minimum Gasteiger partial charge on any atom is -0.416 e. The van der Waals surface area contributed by atoms with Gasteiger partial charge in [-0.05, 0) is 24.6 Å². The van der Waals surface area contributed by atoms with Gasteiger partial charge in [-0.2, -0.15) is 0 Å². The lowest BCUT2D eigenvalue weighted by Crippen LogP contribution is -2.40. The van der Waals surface area contributed by atoms with E-state index < -0.39 is 8.32 Å². The molecule has 16 heavy (non-hydrogen) atoms. The van der Waals surface area contributed by atoms with Gasteiger partial charge in [-0.25, -0.2) is 0 Å². The van der Waals surface area contributed by atoms with Gasteiger partial charge >= 0.3 is 0 Å². The molecule has 0 aliphatic heterocycles. The fourth-order valence-corrected chi connectivity index (χ4v) is 2.08. The van der Waals surface area contributed by atoms with Gasteiger partial charge in [0, 0.05) is 25.3 Å². The molecule has 0 saturated heterocycles. The summed E-state index contributed by atoms with van der Waals surface area (Å²) in [6.07, 6.45) is 2.73. The highest BCUT2D eigenvalue weighted by molar-refractivity contribution is 6.74. The monoisotopic (exact) mass is 260 g/mol. The molecule has 94 valence electrons. The maximum atomic E-state index is 6.01. The standard InChI is InChI=1S/C13H25ClOSi/c1-13(2,3)16(4,5)15-12-10-8-6-7-9-11-14/h7,9-12H2,1-5H3. The molecule has 0 heterocycles. The van der Waals surface area contributed by atoms with Crippen LogP contribution in [0.5, 0.6) is 0 Å². The fraction of sp³-hybridized carbons (Fsp3) is 0.846. The van der Waals surface area contributed by atoms with Gasteiger partial charge in [-0.15, -0.1) is 23.4 Å². The molecular formula is C13H25ClOSi. The molecule has 3 heteroatoms. The molecular weight excluding hydrogens is 236 g/mol. The first-order chi connectivity index (χ1) is 7.31. The van der Waals surface area contributed by atoms with Crippen molar-refractivity contribution in [2.24, 2.45) is 0 Å². The first-order valence-corrected chi connectivity index (χ1v) is 9.41. The zero-order valence-electron chi connectivity index (χ0n) is 11.3. The van der Waals surface area contributed by atoms with Crippen molar-refractivity contribution in [1.29, 1.82) is 0 Å². The third kappa shape index (κ3) is 6.58. The van der Waals surface area contributed by atoms with E-state index in [2.05, 4.69) is 45.7 Å². The minimum atomic E-state index is -1.57. The van der Waals surface area contributed by atoms with Crippen LogP contribution in [-0.2, 0) is 4.43 Å². The molecule has 0 radical (unpaired) electrons. The van der Waals surface area contributed by atoms with E-state index in [1.807, 2.05) is 0 Å². The average Bonchev–Trinajstić information content (AvgIpc) is 2.14. The van der Waals surface area contributed by atoms with E-state index in [1.165, 1.54) is 0 Å².